The SMILES string of the molecule is C=C(C)CNCCc1ccc(F)cc1. The molecule has 0 heterocycles. The Bertz CT molecular complexity index is 290. The highest BCUT2D eigenvalue weighted by molar-refractivity contribution is 5.16. The van der Waals surface area contributed by atoms with E-state index < -0.39 is 0 Å². The Kier molecular flexibility index (Phi) is 4.33. The fourth-order valence-electron chi connectivity index (χ4n) is 1.19. The molecular formula is C12H16FN. The monoisotopic (exact) mass is 193 g/mol. The van der Waals surface area contributed by atoms with Crippen LogP contribution in [0.3, 0.4) is 0 Å². The standard InChI is InChI=1S/C12H16FN/c1-10(2)9-14-8-7-11-3-5-12(13)6-4-11/h3-6,14H,1,7-9H2,2H3. The van der Waals surface area contributed by atoms with E-state index in [1.165, 1.54) is 12.1 Å². The lowest BCUT2D eigenvalue weighted by Gasteiger charge is -2.04. The third-order valence-electron chi connectivity index (χ3n) is 1.93. The number of benzene rings is 1. The molecule has 0 aliphatic heterocycles. The molecule has 76 valence electrons. The molecular weight excluding hydrogens is 177 g/mol. The van der Waals surface area contributed by atoms with Crippen molar-refractivity contribution in [2.24, 2.45) is 0 Å². The topological polar surface area (TPSA) is 12.0 Å². The van der Waals surface area contributed by atoms with E-state index in [0.717, 1.165) is 30.6 Å². The minimum atomic E-state index is -0.177. The fourth-order valence-corrected chi connectivity index (χ4v) is 1.19. The van der Waals surface area contributed by atoms with Gasteiger partial charge in [-0.15, -0.1) is 0 Å². The summed E-state index contributed by atoms with van der Waals surface area (Å²) in [6, 6.07) is 6.62. The van der Waals surface area contributed by atoms with Crippen molar-refractivity contribution in [1.82, 2.24) is 5.32 Å². The first-order chi connectivity index (χ1) is 6.68. The maximum absolute atomic E-state index is 12.6. The summed E-state index contributed by atoms with van der Waals surface area (Å²) < 4.78 is 12.6. The second kappa shape index (κ2) is 5.55. The summed E-state index contributed by atoms with van der Waals surface area (Å²) in [4.78, 5) is 0. The minimum absolute atomic E-state index is 0.177. The van der Waals surface area contributed by atoms with Gasteiger partial charge in [0.25, 0.3) is 0 Å². The minimum Gasteiger partial charge on any atom is -0.313 e. The van der Waals surface area contributed by atoms with Gasteiger partial charge in [0.05, 0.1) is 0 Å². The molecule has 2 heteroatoms. The quantitative estimate of drug-likeness (QED) is 0.559. The lowest BCUT2D eigenvalue weighted by molar-refractivity contribution is 0.626. The van der Waals surface area contributed by atoms with E-state index in [1.54, 1.807) is 0 Å². The summed E-state index contributed by atoms with van der Waals surface area (Å²) in [6.45, 7) is 7.54. The second-order valence-electron chi connectivity index (χ2n) is 3.51. The zero-order valence-electron chi connectivity index (χ0n) is 8.52. The Morgan fingerprint density at radius 3 is 2.57 bits per heavy atom. The van der Waals surface area contributed by atoms with Crippen molar-refractivity contribution in [3.63, 3.8) is 0 Å². The summed E-state index contributed by atoms with van der Waals surface area (Å²) in [5, 5.41) is 3.25. The first-order valence-electron chi connectivity index (χ1n) is 4.78. The van der Waals surface area contributed by atoms with Crippen LogP contribution in [-0.2, 0) is 6.42 Å². The van der Waals surface area contributed by atoms with E-state index in [9.17, 15) is 4.39 Å². The zero-order valence-corrected chi connectivity index (χ0v) is 8.52. The normalized spacial score (nSPS) is 10.1. The van der Waals surface area contributed by atoms with Crippen molar-refractivity contribution < 1.29 is 4.39 Å². The van der Waals surface area contributed by atoms with E-state index >= 15 is 0 Å². The van der Waals surface area contributed by atoms with Gasteiger partial charge < -0.3 is 5.32 Å². The molecule has 0 bridgehead atoms. The molecule has 0 aliphatic carbocycles. The third-order valence-corrected chi connectivity index (χ3v) is 1.93. The lowest BCUT2D eigenvalue weighted by Crippen LogP contribution is -2.18. The van der Waals surface area contributed by atoms with Gasteiger partial charge in [0.2, 0.25) is 0 Å². The zero-order chi connectivity index (χ0) is 10.4. The van der Waals surface area contributed by atoms with E-state index in [1.807, 2.05) is 19.1 Å². The molecule has 0 radical (unpaired) electrons. The van der Waals surface area contributed by atoms with Crippen molar-refractivity contribution in [2.45, 2.75) is 13.3 Å². The molecule has 1 rings (SSSR count). The fraction of sp³-hybridized carbons (Fsp3) is 0.333. The van der Waals surface area contributed by atoms with Gasteiger partial charge in [0, 0.05) is 6.54 Å². The Morgan fingerprint density at radius 2 is 2.00 bits per heavy atom. The maximum Gasteiger partial charge on any atom is 0.123 e. The van der Waals surface area contributed by atoms with Gasteiger partial charge >= 0.3 is 0 Å². The molecule has 0 fully saturated rings. The van der Waals surface area contributed by atoms with Crippen LogP contribution in [0, 0.1) is 5.82 Å². The average molecular weight is 193 g/mol. The molecule has 0 spiro atoms. The molecule has 0 unspecified atom stereocenters. The van der Waals surface area contributed by atoms with Gasteiger partial charge in [-0.3, -0.25) is 0 Å². The van der Waals surface area contributed by atoms with Gasteiger partial charge in [0.1, 0.15) is 5.82 Å². The predicted molar refractivity (Wildman–Crippen MR) is 57.8 cm³/mol. The average Bonchev–Trinajstić information content (AvgIpc) is 2.15. The Hall–Kier alpha value is -1.15. The predicted octanol–water partition coefficient (Wildman–Crippen LogP) is 2.53. The summed E-state index contributed by atoms with van der Waals surface area (Å²) in [6.07, 6.45) is 0.924. The second-order valence-corrected chi connectivity index (χ2v) is 3.51. The third kappa shape index (κ3) is 4.19. The van der Waals surface area contributed by atoms with Crippen LogP contribution in [0.5, 0.6) is 0 Å². The Balaban J connectivity index is 2.25. The van der Waals surface area contributed by atoms with E-state index in [0.29, 0.717) is 0 Å². The van der Waals surface area contributed by atoms with Gasteiger partial charge in [-0.2, -0.15) is 0 Å². The highest BCUT2D eigenvalue weighted by atomic mass is 19.1. The smallest absolute Gasteiger partial charge is 0.123 e. The summed E-state index contributed by atoms with van der Waals surface area (Å²) in [5.74, 6) is -0.177. The van der Waals surface area contributed by atoms with Crippen LogP contribution in [0.4, 0.5) is 4.39 Å². The number of rotatable bonds is 5. The van der Waals surface area contributed by atoms with Crippen LogP contribution in [0.1, 0.15) is 12.5 Å². The molecule has 1 N–H and O–H groups in total. The lowest BCUT2D eigenvalue weighted by atomic mass is 10.1. The van der Waals surface area contributed by atoms with Gasteiger partial charge in [-0.1, -0.05) is 24.3 Å². The molecule has 1 aromatic rings. The summed E-state index contributed by atoms with van der Waals surface area (Å²) >= 11 is 0. The maximum atomic E-state index is 12.6. The van der Waals surface area contributed by atoms with Gasteiger partial charge in [0.15, 0.2) is 0 Å². The van der Waals surface area contributed by atoms with E-state index in [4.69, 9.17) is 0 Å². The molecule has 14 heavy (non-hydrogen) atoms. The first-order valence-corrected chi connectivity index (χ1v) is 4.78. The largest absolute Gasteiger partial charge is 0.313 e. The van der Waals surface area contributed by atoms with Crippen molar-refractivity contribution in [2.75, 3.05) is 13.1 Å². The highest BCUT2D eigenvalue weighted by Gasteiger charge is 1.93. The Labute approximate surface area is 84.6 Å². The van der Waals surface area contributed by atoms with Crippen molar-refractivity contribution in [3.05, 3.63) is 47.8 Å². The van der Waals surface area contributed by atoms with Gasteiger partial charge in [-0.25, -0.2) is 4.39 Å². The van der Waals surface area contributed by atoms with Crippen LogP contribution in [0.25, 0.3) is 0 Å². The first kappa shape index (κ1) is 10.9. The number of hydrogen-bond donors (Lipinski definition) is 1. The molecule has 0 aliphatic rings. The summed E-state index contributed by atoms with van der Waals surface area (Å²) in [5.41, 5.74) is 2.28. The van der Waals surface area contributed by atoms with Crippen LogP contribution in [-0.4, -0.2) is 13.1 Å². The Morgan fingerprint density at radius 1 is 1.36 bits per heavy atom. The molecule has 1 aromatic carbocycles. The van der Waals surface area contributed by atoms with Gasteiger partial charge in [-0.05, 0) is 37.6 Å². The number of halogens is 1. The highest BCUT2D eigenvalue weighted by Crippen LogP contribution is 2.02. The van der Waals surface area contributed by atoms with Crippen LogP contribution < -0.4 is 5.32 Å². The van der Waals surface area contributed by atoms with Crippen molar-refractivity contribution in [1.29, 1.82) is 0 Å². The molecule has 0 aromatic heterocycles. The van der Waals surface area contributed by atoms with Crippen LogP contribution in [0.2, 0.25) is 0 Å². The van der Waals surface area contributed by atoms with E-state index in [-0.39, 0.29) is 5.82 Å². The molecule has 1 nitrogen and oxygen atoms in total. The van der Waals surface area contributed by atoms with Crippen LogP contribution in [0.15, 0.2) is 36.4 Å². The molecule has 0 amide bonds. The van der Waals surface area contributed by atoms with Crippen LogP contribution >= 0.6 is 0 Å². The van der Waals surface area contributed by atoms with Crippen molar-refractivity contribution >= 4 is 0 Å². The molecule has 0 saturated carbocycles. The number of nitrogens with one attached hydrogen (secondary N) is 1. The summed E-state index contributed by atoms with van der Waals surface area (Å²) in [7, 11) is 0. The molecule has 0 saturated heterocycles. The van der Waals surface area contributed by atoms with Crippen molar-refractivity contribution in [3.8, 4) is 0 Å². The number of hydrogen-bond acceptors (Lipinski definition) is 1. The molecule has 0 atom stereocenters. The van der Waals surface area contributed by atoms with E-state index in [2.05, 4.69) is 11.9 Å².